The third-order valence-electron chi connectivity index (χ3n) is 5.27. The van der Waals surface area contributed by atoms with Crippen LogP contribution in [0.4, 0.5) is 0 Å². The predicted octanol–water partition coefficient (Wildman–Crippen LogP) is 5.83. The van der Waals surface area contributed by atoms with Crippen molar-refractivity contribution in [3.63, 3.8) is 0 Å². The zero-order valence-electron chi connectivity index (χ0n) is 18.2. The summed E-state index contributed by atoms with van der Waals surface area (Å²) in [5.74, 6) is 3.79. The van der Waals surface area contributed by atoms with Crippen LogP contribution >= 0.6 is 0 Å². The summed E-state index contributed by atoms with van der Waals surface area (Å²) in [4.78, 5) is 4.79. The lowest BCUT2D eigenvalue weighted by Crippen LogP contribution is -2.13. The number of para-hydroxylation sites is 2. The van der Waals surface area contributed by atoms with Gasteiger partial charge in [-0.1, -0.05) is 44.2 Å². The van der Waals surface area contributed by atoms with Gasteiger partial charge in [0.1, 0.15) is 36.3 Å². The van der Waals surface area contributed by atoms with E-state index >= 15 is 0 Å². The summed E-state index contributed by atoms with van der Waals surface area (Å²) >= 11 is 0. The molecule has 0 amide bonds. The van der Waals surface area contributed by atoms with E-state index in [1.54, 1.807) is 7.11 Å². The molecule has 160 valence electrons. The van der Waals surface area contributed by atoms with E-state index in [1.165, 1.54) is 5.56 Å². The molecular weight excluding hydrogens is 388 g/mol. The summed E-state index contributed by atoms with van der Waals surface area (Å²) in [5, 5.41) is 0. The topological polar surface area (TPSA) is 45.5 Å². The van der Waals surface area contributed by atoms with Crippen LogP contribution < -0.4 is 14.2 Å². The van der Waals surface area contributed by atoms with Gasteiger partial charge in [-0.05, 0) is 47.9 Å². The molecule has 0 bridgehead atoms. The number of nitrogens with zero attached hydrogens (tertiary/aromatic N) is 2. The quantitative estimate of drug-likeness (QED) is 0.345. The molecular formula is C26H28N2O3. The van der Waals surface area contributed by atoms with Crippen LogP contribution in [0.3, 0.4) is 0 Å². The number of benzene rings is 3. The van der Waals surface area contributed by atoms with Gasteiger partial charge in [0.2, 0.25) is 0 Å². The number of rotatable bonds is 9. The van der Waals surface area contributed by atoms with Gasteiger partial charge in [-0.15, -0.1) is 0 Å². The first-order valence-corrected chi connectivity index (χ1v) is 10.6. The largest absolute Gasteiger partial charge is 0.497 e. The van der Waals surface area contributed by atoms with Gasteiger partial charge >= 0.3 is 0 Å². The molecule has 0 N–H and O–H groups in total. The zero-order chi connectivity index (χ0) is 21.6. The van der Waals surface area contributed by atoms with Crippen LogP contribution in [0.15, 0.2) is 72.8 Å². The van der Waals surface area contributed by atoms with E-state index in [0.717, 1.165) is 34.1 Å². The number of methoxy groups -OCH3 is 1. The van der Waals surface area contributed by atoms with E-state index in [9.17, 15) is 0 Å². The molecule has 0 atom stereocenters. The minimum absolute atomic E-state index is 0.398. The van der Waals surface area contributed by atoms with Gasteiger partial charge in [0.05, 0.1) is 24.7 Å². The normalized spacial score (nSPS) is 11.1. The average molecular weight is 417 g/mol. The van der Waals surface area contributed by atoms with Gasteiger partial charge < -0.3 is 18.8 Å². The highest BCUT2D eigenvalue weighted by atomic mass is 16.5. The molecule has 5 heteroatoms. The van der Waals surface area contributed by atoms with Crippen molar-refractivity contribution in [3.05, 3.63) is 84.2 Å². The highest BCUT2D eigenvalue weighted by molar-refractivity contribution is 5.75. The lowest BCUT2D eigenvalue weighted by atomic mass is 10.0. The number of aromatic nitrogens is 2. The van der Waals surface area contributed by atoms with Crippen LogP contribution in [-0.4, -0.2) is 23.3 Å². The van der Waals surface area contributed by atoms with E-state index in [4.69, 9.17) is 19.2 Å². The molecule has 0 unspecified atom stereocenters. The molecule has 1 aromatic heterocycles. The fourth-order valence-electron chi connectivity index (χ4n) is 3.53. The van der Waals surface area contributed by atoms with Crippen molar-refractivity contribution in [3.8, 4) is 17.2 Å². The van der Waals surface area contributed by atoms with Crippen molar-refractivity contribution in [2.24, 2.45) is 0 Å². The fraction of sp³-hybridized carbons (Fsp3) is 0.269. The van der Waals surface area contributed by atoms with Gasteiger partial charge in [-0.3, -0.25) is 0 Å². The maximum Gasteiger partial charge on any atom is 0.148 e. The zero-order valence-corrected chi connectivity index (χ0v) is 18.2. The van der Waals surface area contributed by atoms with Crippen molar-refractivity contribution in [1.82, 2.24) is 9.55 Å². The average Bonchev–Trinajstić information content (AvgIpc) is 3.15. The van der Waals surface area contributed by atoms with Crippen LogP contribution in [0.5, 0.6) is 17.2 Å². The van der Waals surface area contributed by atoms with E-state index < -0.39 is 0 Å². The molecule has 0 saturated heterocycles. The molecule has 0 radical (unpaired) electrons. The molecule has 3 aromatic carbocycles. The molecule has 1 heterocycles. The van der Waals surface area contributed by atoms with Crippen LogP contribution in [0.2, 0.25) is 0 Å². The first kappa shape index (κ1) is 20.8. The molecule has 4 aromatic rings. The first-order chi connectivity index (χ1) is 15.1. The molecule has 0 spiro atoms. The second kappa shape index (κ2) is 9.56. The Morgan fingerprint density at radius 3 is 2.39 bits per heavy atom. The predicted molar refractivity (Wildman–Crippen MR) is 123 cm³/mol. The van der Waals surface area contributed by atoms with Crippen molar-refractivity contribution >= 4 is 11.0 Å². The monoisotopic (exact) mass is 416 g/mol. The Morgan fingerprint density at radius 1 is 0.839 bits per heavy atom. The van der Waals surface area contributed by atoms with Crippen molar-refractivity contribution < 1.29 is 14.2 Å². The lowest BCUT2D eigenvalue weighted by molar-refractivity contribution is 0.271. The number of hydrogen-bond acceptors (Lipinski definition) is 4. The summed E-state index contributed by atoms with van der Waals surface area (Å²) in [6.45, 7) is 5.96. The fourth-order valence-corrected chi connectivity index (χ4v) is 3.53. The number of imidazole rings is 1. The highest BCUT2D eigenvalue weighted by Gasteiger charge is 2.12. The smallest absolute Gasteiger partial charge is 0.148 e. The Kier molecular flexibility index (Phi) is 6.41. The molecule has 4 rings (SSSR count). The van der Waals surface area contributed by atoms with Crippen LogP contribution in [0.25, 0.3) is 11.0 Å². The minimum atomic E-state index is 0.398. The Bertz CT molecular complexity index is 1130. The summed E-state index contributed by atoms with van der Waals surface area (Å²) in [5.41, 5.74) is 3.33. The number of hydrogen-bond donors (Lipinski definition) is 0. The van der Waals surface area contributed by atoms with Crippen LogP contribution in [0, 0.1) is 0 Å². The van der Waals surface area contributed by atoms with Gasteiger partial charge in [-0.25, -0.2) is 4.98 Å². The van der Waals surface area contributed by atoms with Crippen LogP contribution in [0.1, 0.15) is 31.2 Å². The summed E-state index contributed by atoms with van der Waals surface area (Å²) in [6, 6.07) is 24.0. The Hall–Kier alpha value is -3.47. The maximum absolute atomic E-state index is 6.05. The third kappa shape index (κ3) is 5.00. The van der Waals surface area contributed by atoms with Crippen molar-refractivity contribution in [2.45, 2.75) is 32.9 Å². The minimum Gasteiger partial charge on any atom is -0.497 e. The van der Waals surface area contributed by atoms with Crippen LogP contribution in [-0.2, 0) is 13.2 Å². The Labute approximate surface area is 183 Å². The molecule has 5 nitrogen and oxygen atoms in total. The SMILES string of the molecule is COc1cccc(OCCn2c(COc3ccc(C(C)C)cc3)nc3ccccc32)c1. The number of fused-ring (bicyclic) bond motifs is 1. The molecule has 0 saturated carbocycles. The van der Waals surface area contributed by atoms with E-state index in [2.05, 4.69) is 36.6 Å². The summed E-state index contributed by atoms with van der Waals surface area (Å²) in [7, 11) is 1.65. The summed E-state index contributed by atoms with van der Waals surface area (Å²) in [6.07, 6.45) is 0. The molecule has 0 aliphatic carbocycles. The third-order valence-corrected chi connectivity index (χ3v) is 5.27. The van der Waals surface area contributed by atoms with Gasteiger partial charge in [-0.2, -0.15) is 0 Å². The van der Waals surface area contributed by atoms with Gasteiger partial charge in [0, 0.05) is 6.07 Å². The Balaban J connectivity index is 1.47. The van der Waals surface area contributed by atoms with Gasteiger partial charge in [0.15, 0.2) is 0 Å². The Morgan fingerprint density at radius 2 is 1.61 bits per heavy atom. The van der Waals surface area contributed by atoms with Crippen molar-refractivity contribution in [1.29, 1.82) is 0 Å². The standard InChI is InChI=1S/C26H28N2O3/c1-19(2)20-11-13-21(14-12-20)31-18-26-27-24-9-4-5-10-25(24)28(26)15-16-30-23-8-6-7-22(17-23)29-3/h4-14,17,19H,15-16,18H2,1-3H3. The molecule has 0 aliphatic rings. The summed E-state index contributed by atoms with van der Waals surface area (Å²) < 4.78 is 19.4. The first-order valence-electron chi connectivity index (χ1n) is 10.6. The van der Waals surface area contributed by atoms with Gasteiger partial charge in [0.25, 0.3) is 0 Å². The van der Waals surface area contributed by atoms with E-state index in [-0.39, 0.29) is 0 Å². The second-order valence-electron chi connectivity index (χ2n) is 7.71. The van der Waals surface area contributed by atoms with E-state index in [1.807, 2.05) is 54.6 Å². The lowest BCUT2D eigenvalue weighted by Gasteiger charge is -2.13. The molecule has 0 fully saturated rings. The second-order valence-corrected chi connectivity index (χ2v) is 7.71. The van der Waals surface area contributed by atoms with Crippen molar-refractivity contribution in [2.75, 3.05) is 13.7 Å². The van der Waals surface area contributed by atoms with E-state index in [0.29, 0.717) is 25.7 Å². The highest BCUT2D eigenvalue weighted by Crippen LogP contribution is 2.22. The molecule has 0 aliphatic heterocycles. The maximum atomic E-state index is 6.05. The molecule has 31 heavy (non-hydrogen) atoms. The number of ether oxygens (including phenoxy) is 3.